The second-order valence-electron chi connectivity index (χ2n) is 6.58. The summed E-state index contributed by atoms with van der Waals surface area (Å²) in [4.78, 5) is 0. The molecule has 0 aromatic carbocycles. The molecule has 0 radical (unpaired) electrons. The SMILES string of the molecule is CCCCCCCCC(CCC)(OCCCC)OCCCC. The van der Waals surface area contributed by atoms with Gasteiger partial charge in [0.05, 0.1) is 13.2 Å². The van der Waals surface area contributed by atoms with Crippen molar-refractivity contribution in [2.45, 2.75) is 117 Å². The molecule has 0 bridgehead atoms. The Kier molecular flexibility index (Phi) is 15.7. The predicted molar refractivity (Wildman–Crippen MR) is 97.4 cm³/mol. The van der Waals surface area contributed by atoms with Gasteiger partial charge in [-0.15, -0.1) is 0 Å². The minimum Gasteiger partial charge on any atom is -0.350 e. The first kappa shape index (κ1) is 21.9. The van der Waals surface area contributed by atoms with Gasteiger partial charge in [0.15, 0.2) is 5.79 Å². The van der Waals surface area contributed by atoms with Crippen LogP contribution in [-0.2, 0) is 9.47 Å². The van der Waals surface area contributed by atoms with Crippen LogP contribution in [0.1, 0.15) is 111 Å². The predicted octanol–water partition coefficient (Wildman–Crippen LogP) is 6.87. The van der Waals surface area contributed by atoms with Crippen LogP contribution in [0.3, 0.4) is 0 Å². The van der Waals surface area contributed by atoms with Gasteiger partial charge in [-0.1, -0.05) is 79.1 Å². The van der Waals surface area contributed by atoms with Crippen molar-refractivity contribution in [2.24, 2.45) is 0 Å². The molecule has 0 amide bonds. The van der Waals surface area contributed by atoms with Crippen LogP contribution < -0.4 is 0 Å². The molecule has 0 spiro atoms. The van der Waals surface area contributed by atoms with Crippen molar-refractivity contribution in [3.8, 4) is 0 Å². The van der Waals surface area contributed by atoms with E-state index >= 15 is 0 Å². The average Bonchev–Trinajstić information content (AvgIpc) is 2.51. The number of hydrogen-bond acceptors (Lipinski definition) is 2. The quantitative estimate of drug-likeness (QED) is 0.215. The standard InChI is InChI=1S/C20H42O2/c1-5-9-12-13-14-15-17-20(16-8-4,21-18-10-6-2)22-19-11-7-3/h5-19H2,1-4H3. The lowest BCUT2D eigenvalue weighted by Gasteiger charge is -2.34. The number of ether oxygens (including phenoxy) is 2. The molecule has 0 aliphatic carbocycles. The maximum Gasteiger partial charge on any atom is 0.168 e. The van der Waals surface area contributed by atoms with E-state index < -0.39 is 0 Å². The molecule has 0 aliphatic heterocycles. The van der Waals surface area contributed by atoms with Crippen LogP contribution in [0.25, 0.3) is 0 Å². The number of rotatable bonds is 17. The maximum absolute atomic E-state index is 6.26. The van der Waals surface area contributed by atoms with Crippen molar-refractivity contribution in [1.82, 2.24) is 0 Å². The topological polar surface area (TPSA) is 18.5 Å². The molecule has 0 atom stereocenters. The second kappa shape index (κ2) is 15.8. The molecule has 2 heteroatoms. The Balaban J connectivity index is 4.29. The van der Waals surface area contributed by atoms with Crippen LogP contribution >= 0.6 is 0 Å². The van der Waals surface area contributed by atoms with Crippen molar-refractivity contribution in [3.05, 3.63) is 0 Å². The van der Waals surface area contributed by atoms with E-state index in [1.54, 1.807) is 0 Å². The average molecular weight is 315 g/mol. The molecule has 0 rings (SSSR count). The van der Waals surface area contributed by atoms with Crippen LogP contribution in [0.5, 0.6) is 0 Å². The summed E-state index contributed by atoms with van der Waals surface area (Å²) in [6, 6.07) is 0. The molecule has 0 aromatic rings. The van der Waals surface area contributed by atoms with Crippen molar-refractivity contribution >= 4 is 0 Å². The molecule has 0 aliphatic rings. The van der Waals surface area contributed by atoms with Gasteiger partial charge in [-0.3, -0.25) is 0 Å². The molecule has 0 heterocycles. The highest BCUT2D eigenvalue weighted by Crippen LogP contribution is 2.28. The van der Waals surface area contributed by atoms with Crippen molar-refractivity contribution in [1.29, 1.82) is 0 Å². The minimum absolute atomic E-state index is 0.302. The van der Waals surface area contributed by atoms with Gasteiger partial charge in [-0.05, 0) is 19.3 Å². The summed E-state index contributed by atoms with van der Waals surface area (Å²) in [5.74, 6) is -0.302. The van der Waals surface area contributed by atoms with Crippen LogP contribution in [0.4, 0.5) is 0 Å². The summed E-state index contributed by atoms with van der Waals surface area (Å²) in [6.07, 6.45) is 15.9. The summed E-state index contributed by atoms with van der Waals surface area (Å²) in [6.45, 7) is 10.6. The van der Waals surface area contributed by atoms with Crippen LogP contribution in [0.15, 0.2) is 0 Å². The summed E-state index contributed by atoms with van der Waals surface area (Å²) >= 11 is 0. The first-order valence-electron chi connectivity index (χ1n) is 10.0. The second-order valence-corrected chi connectivity index (χ2v) is 6.58. The van der Waals surface area contributed by atoms with Gasteiger partial charge in [0, 0.05) is 12.8 Å². The largest absolute Gasteiger partial charge is 0.350 e. The van der Waals surface area contributed by atoms with Gasteiger partial charge in [-0.25, -0.2) is 0 Å². The normalized spacial score (nSPS) is 12.0. The zero-order valence-corrected chi connectivity index (χ0v) is 15.9. The molecular weight excluding hydrogens is 272 g/mol. The monoisotopic (exact) mass is 314 g/mol. The molecule has 22 heavy (non-hydrogen) atoms. The molecule has 0 fully saturated rings. The molecule has 134 valence electrons. The zero-order chi connectivity index (χ0) is 16.5. The van der Waals surface area contributed by atoms with E-state index in [0.29, 0.717) is 0 Å². The Morgan fingerprint density at radius 2 is 1.00 bits per heavy atom. The van der Waals surface area contributed by atoms with E-state index in [1.165, 1.54) is 51.4 Å². The van der Waals surface area contributed by atoms with Crippen LogP contribution in [0, 0.1) is 0 Å². The first-order chi connectivity index (χ1) is 10.7. The van der Waals surface area contributed by atoms with E-state index in [-0.39, 0.29) is 5.79 Å². The van der Waals surface area contributed by atoms with E-state index in [4.69, 9.17) is 9.47 Å². The Morgan fingerprint density at radius 1 is 0.500 bits per heavy atom. The fraction of sp³-hybridized carbons (Fsp3) is 1.00. The van der Waals surface area contributed by atoms with Gasteiger partial charge in [0.2, 0.25) is 0 Å². The highest BCUT2D eigenvalue weighted by atomic mass is 16.7. The summed E-state index contributed by atoms with van der Waals surface area (Å²) in [7, 11) is 0. The first-order valence-corrected chi connectivity index (χ1v) is 10.0. The lowest BCUT2D eigenvalue weighted by Crippen LogP contribution is -2.37. The summed E-state index contributed by atoms with van der Waals surface area (Å²) < 4.78 is 12.5. The summed E-state index contributed by atoms with van der Waals surface area (Å²) in [5, 5.41) is 0. The van der Waals surface area contributed by atoms with Gasteiger partial charge < -0.3 is 9.47 Å². The molecule has 0 saturated heterocycles. The molecule has 0 saturated carbocycles. The molecular formula is C20H42O2. The highest BCUT2D eigenvalue weighted by Gasteiger charge is 2.30. The van der Waals surface area contributed by atoms with Gasteiger partial charge in [0.1, 0.15) is 0 Å². The highest BCUT2D eigenvalue weighted by molar-refractivity contribution is 4.70. The van der Waals surface area contributed by atoms with Gasteiger partial charge in [-0.2, -0.15) is 0 Å². The lowest BCUT2D eigenvalue weighted by atomic mass is 10.0. The smallest absolute Gasteiger partial charge is 0.168 e. The van der Waals surface area contributed by atoms with Gasteiger partial charge in [0.25, 0.3) is 0 Å². The van der Waals surface area contributed by atoms with E-state index in [0.717, 1.165) is 45.3 Å². The Hall–Kier alpha value is -0.0800. The Bertz CT molecular complexity index is 206. The number of hydrogen-bond donors (Lipinski definition) is 0. The third kappa shape index (κ3) is 11.5. The molecule has 0 aromatic heterocycles. The Labute approximate surface area is 140 Å². The molecule has 2 nitrogen and oxygen atoms in total. The fourth-order valence-electron chi connectivity index (χ4n) is 2.82. The van der Waals surface area contributed by atoms with E-state index in [9.17, 15) is 0 Å². The van der Waals surface area contributed by atoms with Crippen molar-refractivity contribution in [2.75, 3.05) is 13.2 Å². The van der Waals surface area contributed by atoms with Gasteiger partial charge >= 0.3 is 0 Å². The third-order valence-electron chi connectivity index (χ3n) is 4.27. The minimum atomic E-state index is -0.302. The molecule has 0 N–H and O–H groups in total. The van der Waals surface area contributed by atoms with E-state index in [2.05, 4.69) is 27.7 Å². The third-order valence-corrected chi connectivity index (χ3v) is 4.27. The van der Waals surface area contributed by atoms with Crippen LogP contribution in [-0.4, -0.2) is 19.0 Å². The van der Waals surface area contributed by atoms with Crippen LogP contribution in [0.2, 0.25) is 0 Å². The fourth-order valence-corrected chi connectivity index (χ4v) is 2.82. The maximum atomic E-state index is 6.26. The lowest BCUT2D eigenvalue weighted by molar-refractivity contribution is -0.246. The Morgan fingerprint density at radius 3 is 1.50 bits per heavy atom. The summed E-state index contributed by atoms with van der Waals surface area (Å²) in [5.41, 5.74) is 0. The van der Waals surface area contributed by atoms with Crippen molar-refractivity contribution in [3.63, 3.8) is 0 Å². The molecule has 0 unspecified atom stereocenters. The number of unbranched alkanes of at least 4 members (excludes halogenated alkanes) is 7. The van der Waals surface area contributed by atoms with E-state index in [1.807, 2.05) is 0 Å². The zero-order valence-electron chi connectivity index (χ0n) is 15.9. The van der Waals surface area contributed by atoms with Crippen molar-refractivity contribution < 1.29 is 9.47 Å².